The minimum absolute atomic E-state index is 0.185. The third-order valence-electron chi connectivity index (χ3n) is 4.69. The van der Waals surface area contributed by atoms with Gasteiger partial charge in [-0.05, 0) is 60.6 Å². The SMILES string of the molecule is COc1ccc(-c2n[nH]c(=S)n2CCC(=O)NCCc2ccc(C(F)(F)F)cc2)cc1. The van der Waals surface area contributed by atoms with E-state index in [0.717, 1.165) is 23.4 Å². The van der Waals surface area contributed by atoms with E-state index in [4.69, 9.17) is 17.0 Å². The summed E-state index contributed by atoms with van der Waals surface area (Å²) in [6, 6.07) is 12.2. The second-order valence-corrected chi connectivity index (χ2v) is 7.16. The van der Waals surface area contributed by atoms with Gasteiger partial charge in [-0.25, -0.2) is 0 Å². The monoisotopic (exact) mass is 450 g/mol. The third-order valence-corrected chi connectivity index (χ3v) is 5.00. The maximum absolute atomic E-state index is 12.6. The Morgan fingerprint density at radius 3 is 2.45 bits per heavy atom. The van der Waals surface area contributed by atoms with E-state index in [2.05, 4.69) is 15.5 Å². The largest absolute Gasteiger partial charge is 0.497 e. The minimum atomic E-state index is -4.36. The lowest BCUT2D eigenvalue weighted by Gasteiger charge is -2.09. The number of benzene rings is 2. The van der Waals surface area contributed by atoms with Crippen molar-refractivity contribution in [3.05, 3.63) is 64.4 Å². The molecule has 31 heavy (non-hydrogen) atoms. The standard InChI is InChI=1S/C21H21F3N4O2S/c1-30-17-8-4-15(5-9-17)19-26-27-20(31)28(19)13-11-18(29)25-12-10-14-2-6-16(7-3-14)21(22,23)24/h2-9H,10-13H2,1H3,(H,25,29)(H,27,31). The van der Waals surface area contributed by atoms with E-state index in [9.17, 15) is 18.0 Å². The molecule has 0 aliphatic carbocycles. The molecule has 1 amide bonds. The van der Waals surface area contributed by atoms with Gasteiger partial charge in [0.2, 0.25) is 5.91 Å². The molecular weight excluding hydrogens is 429 g/mol. The fourth-order valence-electron chi connectivity index (χ4n) is 2.99. The van der Waals surface area contributed by atoms with E-state index in [1.807, 2.05) is 24.3 Å². The van der Waals surface area contributed by atoms with Gasteiger partial charge in [0.15, 0.2) is 10.6 Å². The Kier molecular flexibility index (Phi) is 7.11. The number of alkyl halides is 3. The van der Waals surface area contributed by atoms with Crippen molar-refractivity contribution in [3.63, 3.8) is 0 Å². The summed E-state index contributed by atoms with van der Waals surface area (Å²) in [6.45, 7) is 0.662. The zero-order valence-corrected chi connectivity index (χ0v) is 17.5. The first-order chi connectivity index (χ1) is 14.8. The van der Waals surface area contributed by atoms with E-state index >= 15 is 0 Å². The van der Waals surface area contributed by atoms with Gasteiger partial charge in [-0.1, -0.05) is 12.1 Å². The predicted molar refractivity (Wildman–Crippen MR) is 112 cm³/mol. The van der Waals surface area contributed by atoms with Crippen LogP contribution in [-0.4, -0.2) is 34.3 Å². The molecule has 6 nitrogen and oxygen atoms in total. The van der Waals surface area contributed by atoms with E-state index in [1.54, 1.807) is 11.7 Å². The number of ether oxygens (including phenoxy) is 1. The number of aromatic amines is 1. The molecule has 0 radical (unpaired) electrons. The Morgan fingerprint density at radius 2 is 1.84 bits per heavy atom. The van der Waals surface area contributed by atoms with Crippen LogP contribution >= 0.6 is 12.2 Å². The molecule has 2 aromatic carbocycles. The van der Waals surface area contributed by atoms with Gasteiger partial charge in [-0.3, -0.25) is 14.5 Å². The van der Waals surface area contributed by atoms with Gasteiger partial charge in [-0.2, -0.15) is 18.3 Å². The summed E-state index contributed by atoms with van der Waals surface area (Å²) in [5.74, 6) is 1.15. The van der Waals surface area contributed by atoms with Crippen molar-refractivity contribution in [1.29, 1.82) is 0 Å². The molecule has 0 unspecified atom stereocenters. The molecule has 10 heteroatoms. The van der Waals surface area contributed by atoms with Crippen LogP contribution in [0.15, 0.2) is 48.5 Å². The highest BCUT2D eigenvalue weighted by Gasteiger charge is 2.29. The quantitative estimate of drug-likeness (QED) is 0.500. The minimum Gasteiger partial charge on any atom is -0.497 e. The second kappa shape index (κ2) is 9.78. The average Bonchev–Trinajstić information content (AvgIpc) is 3.12. The van der Waals surface area contributed by atoms with Crippen LogP contribution in [0.4, 0.5) is 13.2 Å². The number of halogens is 3. The van der Waals surface area contributed by atoms with E-state index in [0.29, 0.717) is 35.7 Å². The molecule has 0 saturated carbocycles. The number of hydrogen-bond acceptors (Lipinski definition) is 4. The number of aromatic nitrogens is 3. The van der Waals surface area contributed by atoms with Gasteiger partial charge >= 0.3 is 6.18 Å². The van der Waals surface area contributed by atoms with Crippen LogP contribution < -0.4 is 10.1 Å². The number of nitrogens with zero attached hydrogens (tertiary/aromatic N) is 2. The number of carbonyl (C=O) groups excluding carboxylic acids is 1. The lowest BCUT2D eigenvalue weighted by molar-refractivity contribution is -0.137. The molecule has 1 heterocycles. The first kappa shape index (κ1) is 22.5. The molecule has 0 spiro atoms. The molecule has 3 aromatic rings. The topological polar surface area (TPSA) is 71.9 Å². The normalized spacial score (nSPS) is 11.4. The molecule has 0 bridgehead atoms. The summed E-state index contributed by atoms with van der Waals surface area (Å²) in [7, 11) is 1.58. The highest BCUT2D eigenvalue weighted by molar-refractivity contribution is 7.71. The number of amides is 1. The Hall–Kier alpha value is -3.14. The van der Waals surface area contributed by atoms with Gasteiger partial charge in [0.25, 0.3) is 0 Å². The number of carbonyl (C=O) groups is 1. The number of nitrogens with one attached hydrogen (secondary N) is 2. The third kappa shape index (κ3) is 5.94. The zero-order chi connectivity index (χ0) is 22.4. The molecule has 0 aliphatic rings. The molecule has 0 fully saturated rings. The second-order valence-electron chi connectivity index (χ2n) is 6.78. The number of hydrogen-bond donors (Lipinski definition) is 2. The van der Waals surface area contributed by atoms with Gasteiger partial charge in [0.05, 0.1) is 12.7 Å². The van der Waals surface area contributed by atoms with Gasteiger partial charge < -0.3 is 10.1 Å². The molecule has 1 aromatic heterocycles. The Labute approximate surface area is 182 Å². The molecule has 164 valence electrons. The fraction of sp³-hybridized carbons (Fsp3) is 0.286. The Balaban J connectivity index is 1.52. The van der Waals surface area contributed by atoms with Crippen LogP contribution in [0.3, 0.4) is 0 Å². The van der Waals surface area contributed by atoms with Crippen molar-refractivity contribution in [2.75, 3.05) is 13.7 Å². The maximum Gasteiger partial charge on any atom is 0.416 e. The van der Waals surface area contributed by atoms with Gasteiger partial charge in [0.1, 0.15) is 5.75 Å². The molecule has 3 rings (SSSR count). The highest BCUT2D eigenvalue weighted by Crippen LogP contribution is 2.29. The number of rotatable bonds is 8. The summed E-state index contributed by atoms with van der Waals surface area (Å²) in [4.78, 5) is 12.2. The summed E-state index contributed by atoms with van der Waals surface area (Å²) < 4.78 is 45.1. The smallest absolute Gasteiger partial charge is 0.416 e. The van der Waals surface area contributed by atoms with E-state index < -0.39 is 11.7 Å². The molecule has 0 atom stereocenters. The van der Waals surface area contributed by atoms with Crippen LogP contribution in [0, 0.1) is 4.77 Å². The van der Waals surface area contributed by atoms with Crippen molar-refractivity contribution < 1.29 is 22.7 Å². The molecule has 2 N–H and O–H groups in total. The van der Waals surface area contributed by atoms with Crippen LogP contribution in [0.1, 0.15) is 17.5 Å². The first-order valence-corrected chi connectivity index (χ1v) is 9.91. The zero-order valence-electron chi connectivity index (χ0n) is 16.7. The van der Waals surface area contributed by atoms with Crippen molar-refractivity contribution in [2.24, 2.45) is 0 Å². The van der Waals surface area contributed by atoms with Crippen LogP contribution in [0.2, 0.25) is 0 Å². The predicted octanol–water partition coefficient (Wildman–Crippen LogP) is 4.38. The summed E-state index contributed by atoms with van der Waals surface area (Å²) >= 11 is 5.27. The summed E-state index contributed by atoms with van der Waals surface area (Å²) in [6.07, 6.45) is -3.73. The van der Waals surface area contributed by atoms with E-state index in [-0.39, 0.29) is 12.3 Å². The van der Waals surface area contributed by atoms with Crippen LogP contribution in [0.25, 0.3) is 11.4 Å². The van der Waals surface area contributed by atoms with Crippen molar-refractivity contribution >= 4 is 18.1 Å². The Bertz CT molecular complexity index is 1070. The molecular formula is C21H21F3N4O2S. The number of H-pyrrole nitrogens is 1. The highest BCUT2D eigenvalue weighted by atomic mass is 32.1. The fourth-order valence-corrected chi connectivity index (χ4v) is 3.22. The van der Waals surface area contributed by atoms with Crippen LogP contribution in [0.5, 0.6) is 5.75 Å². The van der Waals surface area contributed by atoms with Crippen LogP contribution in [-0.2, 0) is 23.9 Å². The van der Waals surface area contributed by atoms with Gasteiger partial charge in [0, 0.05) is 25.1 Å². The van der Waals surface area contributed by atoms with Gasteiger partial charge in [-0.15, -0.1) is 0 Å². The lowest BCUT2D eigenvalue weighted by atomic mass is 10.1. The Morgan fingerprint density at radius 1 is 1.16 bits per heavy atom. The summed E-state index contributed by atoms with van der Waals surface area (Å²) in [5.41, 5.74) is 0.854. The van der Waals surface area contributed by atoms with Crippen molar-refractivity contribution in [2.45, 2.75) is 25.6 Å². The van der Waals surface area contributed by atoms with Crippen molar-refractivity contribution in [1.82, 2.24) is 20.1 Å². The average molecular weight is 450 g/mol. The number of methoxy groups -OCH3 is 1. The maximum atomic E-state index is 12.6. The molecule has 0 saturated heterocycles. The lowest BCUT2D eigenvalue weighted by Crippen LogP contribution is -2.26. The first-order valence-electron chi connectivity index (χ1n) is 9.50. The van der Waals surface area contributed by atoms with E-state index in [1.165, 1.54) is 12.1 Å². The van der Waals surface area contributed by atoms with Crippen molar-refractivity contribution in [3.8, 4) is 17.1 Å². The molecule has 0 aliphatic heterocycles. The summed E-state index contributed by atoms with van der Waals surface area (Å²) in [5, 5.41) is 9.76.